The smallest absolute Gasteiger partial charge is 0.243 e. The van der Waals surface area contributed by atoms with E-state index in [0.717, 1.165) is 5.56 Å². The van der Waals surface area contributed by atoms with Crippen molar-refractivity contribution in [3.63, 3.8) is 0 Å². The van der Waals surface area contributed by atoms with Crippen LogP contribution < -0.4 is 0 Å². The van der Waals surface area contributed by atoms with Crippen molar-refractivity contribution in [3.05, 3.63) is 29.8 Å². The first-order valence-corrected chi connectivity index (χ1v) is 8.49. The van der Waals surface area contributed by atoms with Crippen molar-refractivity contribution in [1.29, 1.82) is 0 Å². The minimum Gasteiger partial charge on any atom is -0.378 e. The van der Waals surface area contributed by atoms with Crippen LogP contribution in [0.15, 0.2) is 29.2 Å². The molecule has 1 fully saturated rings. The van der Waals surface area contributed by atoms with Gasteiger partial charge in [0, 0.05) is 12.1 Å². The molecule has 2 rings (SSSR count). The van der Waals surface area contributed by atoms with Crippen molar-refractivity contribution in [1.82, 2.24) is 4.31 Å². The van der Waals surface area contributed by atoms with Gasteiger partial charge in [0.2, 0.25) is 10.0 Å². The Morgan fingerprint density at radius 3 is 2.05 bits per heavy atom. The van der Waals surface area contributed by atoms with Gasteiger partial charge in [-0.25, -0.2) is 8.42 Å². The van der Waals surface area contributed by atoms with E-state index in [1.54, 1.807) is 16.4 Å². The van der Waals surface area contributed by atoms with Gasteiger partial charge in [-0.15, -0.1) is 0 Å². The monoisotopic (exact) mass is 297 g/mol. The third-order valence-electron chi connectivity index (χ3n) is 3.71. The highest BCUT2D eigenvalue weighted by molar-refractivity contribution is 7.89. The van der Waals surface area contributed by atoms with Crippen LogP contribution in [-0.4, -0.2) is 38.0 Å². The molecule has 0 saturated carbocycles. The van der Waals surface area contributed by atoms with Gasteiger partial charge in [0.25, 0.3) is 0 Å². The molecule has 0 N–H and O–H groups in total. The molecule has 5 heteroatoms. The predicted molar refractivity (Wildman–Crippen MR) is 79.3 cm³/mol. The second-order valence-electron chi connectivity index (χ2n) is 5.79. The Morgan fingerprint density at radius 2 is 1.60 bits per heavy atom. The number of hydrogen-bond acceptors (Lipinski definition) is 3. The number of sulfonamides is 1. The summed E-state index contributed by atoms with van der Waals surface area (Å²) in [5, 5.41) is 0. The molecular weight excluding hydrogens is 274 g/mol. The maximum absolute atomic E-state index is 12.8. The molecule has 1 aliphatic rings. The minimum atomic E-state index is -3.45. The van der Waals surface area contributed by atoms with Crippen molar-refractivity contribution in [2.45, 2.75) is 50.6 Å². The van der Waals surface area contributed by atoms with Gasteiger partial charge in [0.1, 0.15) is 0 Å². The maximum Gasteiger partial charge on any atom is 0.243 e. The van der Waals surface area contributed by atoms with E-state index < -0.39 is 10.0 Å². The predicted octanol–water partition coefficient (Wildman–Crippen LogP) is 2.61. The summed E-state index contributed by atoms with van der Waals surface area (Å²) in [6, 6.07) is 6.95. The minimum absolute atomic E-state index is 0.131. The Bertz CT molecular complexity index is 541. The lowest BCUT2D eigenvalue weighted by Gasteiger charge is -2.37. The van der Waals surface area contributed by atoms with Crippen LogP contribution >= 0.6 is 0 Å². The highest BCUT2D eigenvalue weighted by Crippen LogP contribution is 2.25. The number of benzene rings is 1. The van der Waals surface area contributed by atoms with Crippen LogP contribution in [0.3, 0.4) is 0 Å². The number of morpholine rings is 1. The van der Waals surface area contributed by atoms with Crippen molar-refractivity contribution >= 4 is 10.0 Å². The third-order valence-corrected chi connectivity index (χ3v) is 5.85. The molecule has 1 aliphatic heterocycles. The number of nitrogens with zero attached hydrogens (tertiary/aromatic N) is 1. The van der Waals surface area contributed by atoms with E-state index >= 15 is 0 Å². The fourth-order valence-electron chi connectivity index (χ4n) is 2.61. The molecule has 0 aromatic heterocycles. The molecule has 0 amide bonds. The standard InChI is InChI=1S/C15H23NO3S/c1-11(2)14-5-7-15(8-6-14)20(17,18)16-12(3)9-19-10-13(16)4/h5-8,11-13H,9-10H2,1-4H3/t12-,13-/m0/s1. The molecule has 1 aromatic rings. The Morgan fingerprint density at radius 1 is 1.10 bits per heavy atom. The summed E-state index contributed by atoms with van der Waals surface area (Å²) in [6.45, 7) is 8.86. The van der Waals surface area contributed by atoms with E-state index in [1.807, 2.05) is 26.0 Å². The molecule has 20 heavy (non-hydrogen) atoms. The van der Waals surface area contributed by atoms with Crippen molar-refractivity contribution in [2.75, 3.05) is 13.2 Å². The number of rotatable bonds is 3. The Labute approximate surface area is 121 Å². The van der Waals surface area contributed by atoms with Crippen LogP contribution in [0.25, 0.3) is 0 Å². The molecule has 1 saturated heterocycles. The van der Waals surface area contributed by atoms with Gasteiger partial charge in [0.15, 0.2) is 0 Å². The molecule has 0 radical (unpaired) electrons. The molecule has 0 bridgehead atoms. The highest BCUT2D eigenvalue weighted by Gasteiger charge is 2.36. The second-order valence-corrected chi connectivity index (χ2v) is 7.64. The molecule has 1 aromatic carbocycles. The fourth-order valence-corrected chi connectivity index (χ4v) is 4.40. The summed E-state index contributed by atoms with van der Waals surface area (Å²) in [7, 11) is -3.45. The summed E-state index contributed by atoms with van der Waals surface area (Å²) in [5.41, 5.74) is 1.15. The Kier molecular flexibility index (Phi) is 4.52. The molecule has 1 heterocycles. The first-order chi connectivity index (χ1) is 9.34. The largest absolute Gasteiger partial charge is 0.378 e. The Balaban J connectivity index is 2.34. The zero-order valence-corrected chi connectivity index (χ0v) is 13.4. The summed E-state index contributed by atoms with van der Waals surface area (Å²) in [4.78, 5) is 0.363. The average Bonchev–Trinajstić information content (AvgIpc) is 2.38. The lowest BCUT2D eigenvalue weighted by molar-refractivity contribution is 0.00636. The van der Waals surface area contributed by atoms with Crippen LogP contribution in [-0.2, 0) is 14.8 Å². The quantitative estimate of drug-likeness (QED) is 0.861. The van der Waals surface area contributed by atoms with E-state index in [1.165, 1.54) is 0 Å². The summed E-state index contributed by atoms with van der Waals surface area (Å²) < 4.78 is 32.5. The summed E-state index contributed by atoms with van der Waals surface area (Å²) in [6.07, 6.45) is 0. The van der Waals surface area contributed by atoms with Crippen LogP contribution in [0.4, 0.5) is 0 Å². The number of ether oxygens (including phenoxy) is 1. The third kappa shape index (κ3) is 2.90. The van der Waals surface area contributed by atoms with E-state index in [4.69, 9.17) is 4.74 Å². The molecule has 112 valence electrons. The number of hydrogen-bond donors (Lipinski definition) is 0. The second kappa shape index (κ2) is 5.84. The van der Waals surface area contributed by atoms with Crippen molar-refractivity contribution in [2.24, 2.45) is 0 Å². The topological polar surface area (TPSA) is 46.6 Å². The van der Waals surface area contributed by atoms with Gasteiger partial charge < -0.3 is 4.74 Å². The lowest BCUT2D eigenvalue weighted by Crippen LogP contribution is -2.52. The molecule has 0 spiro atoms. The summed E-state index contributed by atoms with van der Waals surface area (Å²) in [5.74, 6) is 0.396. The van der Waals surface area contributed by atoms with Crippen LogP contribution in [0.1, 0.15) is 39.2 Å². The van der Waals surface area contributed by atoms with Gasteiger partial charge in [0.05, 0.1) is 18.1 Å². The molecule has 4 nitrogen and oxygen atoms in total. The first-order valence-electron chi connectivity index (χ1n) is 7.05. The zero-order chi connectivity index (χ0) is 14.9. The van der Waals surface area contributed by atoms with E-state index in [2.05, 4.69) is 13.8 Å². The van der Waals surface area contributed by atoms with Gasteiger partial charge in [-0.2, -0.15) is 4.31 Å². The highest BCUT2D eigenvalue weighted by atomic mass is 32.2. The molecule has 0 unspecified atom stereocenters. The first kappa shape index (κ1) is 15.5. The zero-order valence-electron chi connectivity index (χ0n) is 12.5. The average molecular weight is 297 g/mol. The van der Waals surface area contributed by atoms with E-state index in [-0.39, 0.29) is 12.1 Å². The van der Waals surface area contributed by atoms with Crippen molar-refractivity contribution < 1.29 is 13.2 Å². The van der Waals surface area contributed by atoms with Crippen molar-refractivity contribution in [3.8, 4) is 0 Å². The fraction of sp³-hybridized carbons (Fsp3) is 0.600. The normalized spacial score (nSPS) is 25.1. The maximum atomic E-state index is 12.8. The van der Waals surface area contributed by atoms with Gasteiger partial charge in [-0.3, -0.25) is 0 Å². The van der Waals surface area contributed by atoms with E-state index in [0.29, 0.717) is 24.0 Å². The SMILES string of the molecule is CC(C)c1ccc(S(=O)(=O)N2[C@@H](C)COC[C@@H]2C)cc1. The molecule has 0 aliphatic carbocycles. The van der Waals surface area contributed by atoms with Gasteiger partial charge >= 0.3 is 0 Å². The Hall–Kier alpha value is -0.910. The van der Waals surface area contributed by atoms with Crippen LogP contribution in [0, 0.1) is 0 Å². The lowest BCUT2D eigenvalue weighted by atomic mass is 10.0. The van der Waals surface area contributed by atoms with E-state index in [9.17, 15) is 8.42 Å². The van der Waals surface area contributed by atoms with Gasteiger partial charge in [-0.05, 0) is 37.5 Å². The summed E-state index contributed by atoms with van der Waals surface area (Å²) >= 11 is 0. The van der Waals surface area contributed by atoms with Crippen LogP contribution in [0.5, 0.6) is 0 Å². The van der Waals surface area contributed by atoms with Gasteiger partial charge in [-0.1, -0.05) is 26.0 Å². The van der Waals surface area contributed by atoms with Crippen LogP contribution in [0.2, 0.25) is 0 Å². The molecule has 2 atom stereocenters. The molecular formula is C15H23NO3S.